The monoisotopic (exact) mass is 267 g/mol. The van der Waals surface area contributed by atoms with Crippen molar-refractivity contribution in [1.82, 2.24) is 4.57 Å². The van der Waals surface area contributed by atoms with Gasteiger partial charge in [0.1, 0.15) is 5.54 Å². The molecule has 5 N–H and O–H groups in total. The number of fused-ring (bicyclic) bond motifs is 5. The van der Waals surface area contributed by atoms with Crippen molar-refractivity contribution >= 4 is 0 Å². The first-order valence-corrected chi connectivity index (χ1v) is 6.27. The summed E-state index contributed by atoms with van der Waals surface area (Å²) < 4.78 is 1.06. The number of aromatic hydroxyl groups is 2. The van der Waals surface area contributed by atoms with Crippen LogP contribution in [-0.2, 0) is 5.54 Å². The summed E-state index contributed by atoms with van der Waals surface area (Å²) in [5.74, 6) is -0.246. The molecule has 3 rings (SSSR count). The van der Waals surface area contributed by atoms with Crippen molar-refractivity contribution in [3.05, 3.63) is 23.3 Å². The molecule has 2 unspecified atom stereocenters. The smallest absolute Gasteiger partial charge is 0.198 e. The molecule has 0 radical (unpaired) electrons. The Morgan fingerprint density at radius 1 is 0.947 bits per heavy atom. The molecule has 0 aliphatic heterocycles. The van der Waals surface area contributed by atoms with Gasteiger partial charge in [-0.1, -0.05) is 12.2 Å². The van der Waals surface area contributed by atoms with Gasteiger partial charge in [-0.25, -0.2) is 0 Å². The standard InChI is InChI=1S/C13H17NO5/c15-4-13(5-16,6-17)14-11(18)9-7-1-2-8(3-7)10(9)12(14)19/h1-2,7-8,15-19H,3-6H2. The summed E-state index contributed by atoms with van der Waals surface area (Å²) in [6.07, 6.45) is 4.79. The number of aromatic nitrogens is 1. The Balaban J connectivity index is 2.20. The zero-order valence-electron chi connectivity index (χ0n) is 10.3. The van der Waals surface area contributed by atoms with Gasteiger partial charge < -0.3 is 25.5 Å². The first-order valence-electron chi connectivity index (χ1n) is 6.27. The number of allylic oxidation sites excluding steroid dienone is 2. The van der Waals surface area contributed by atoms with E-state index in [-0.39, 0.29) is 23.6 Å². The van der Waals surface area contributed by atoms with E-state index in [1.54, 1.807) is 0 Å². The van der Waals surface area contributed by atoms with Crippen LogP contribution in [0.15, 0.2) is 12.2 Å². The Kier molecular flexibility index (Phi) is 2.63. The minimum absolute atomic E-state index is 0.0564. The van der Waals surface area contributed by atoms with Gasteiger partial charge in [-0.2, -0.15) is 0 Å². The van der Waals surface area contributed by atoms with Crippen LogP contribution in [0.4, 0.5) is 0 Å². The summed E-state index contributed by atoms with van der Waals surface area (Å²) in [6, 6.07) is 0. The van der Waals surface area contributed by atoms with Crippen molar-refractivity contribution in [3.8, 4) is 11.8 Å². The average Bonchev–Trinajstić information content (AvgIpc) is 3.09. The second-order valence-electron chi connectivity index (χ2n) is 5.34. The lowest BCUT2D eigenvalue weighted by atomic mass is 10.0. The molecule has 0 spiro atoms. The third-order valence-corrected chi connectivity index (χ3v) is 4.38. The van der Waals surface area contributed by atoms with E-state index in [4.69, 9.17) is 0 Å². The minimum atomic E-state index is -1.50. The SMILES string of the molecule is OCC(CO)(CO)n1c(O)c2c(c1O)C1C=CC2C1. The van der Waals surface area contributed by atoms with Gasteiger partial charge in [0.15, 0.2) is 11.8 Å². The van der Waals surface area contributed by atoms with Gasteiger partial charge in [-0.05, 0) is 6.42 Å². The molecular formula is C13H17NO5. The van der Waals surface area contributed by atoms with Gasteiger partial charge in [-0.15, -0.1) is 0 Å². The van der Waals surface area contributed by atoms with E-state index < -0.39 is 25.4 Å². The summed E-state index contributed by atoms with van der Waals surface area (Å²) in [5, 5.41) is 48.9. The van der Waals surface area contributed by atoms with E-state index >= 15 is 0 Å². The van der Waals surface area contributed by atoms with Crippen molar-refractivity contribution in [3.63, 3.8) is 0 Å². The van der Waals surface area contributed by atoms with Crippen LogP contribution in [0.5, 0.6) is 11.8 Å². The van der Waals surface area contributed by atoms with E-state index in [2.05, 4.69) is 0 Å². The fraction of sp³-hybridized carbons (Fsp3) is 0.538. The Bertz CT molecular complexity index is 500. The normalized spacial score (nSPS) is 24.2. The van der Waals surface area contributed by atoms with Crippen molar-refractivity contribution in [2.45, 2.75) is 23.8 Å². The van der Waals surface area contributed by atoms with Crippen LogP contribution in [0.1, 0.15) is 29.4 Å². The fourth-order valence-electron chi connectivity index (χ4n) is 3.25. The van der Waals surface area contributed by atoms with Crippen molar-refractivity contribution in [2.75, 3.05) is 19.8 Å². The van der Waals surface area contributed by atoms with E-state index in [9.17, 15) is 25.5 Å². The zero-order chi connectivity index (χ0) is 13.8. The van der Waals surface area contributed by atoms with E-state index in [1.165, 1.54) is 0 Å². The summed E-state index contributed by atoms with van der Waals surface area (Å²) in [6.45, 7) is -1.76. The predicted molar refractivity (Wildman–Crippen MR) is 66.2 cm³/mol. The number of aliphatic hydroxyl groups excluding tert-OH is 3. The van der Waals surface area contributed by atoms with E-state index in [0.717, 1.165) is 11.0 Å². The molecule has 6 nitrogen and oxygen atoms in total. The van der Waals surface area contributed by atoms with Crippen LogP contribution in [0, 0.1) is 0 Å². The maximum Gasteiger partial charge on any atom is 0.198 e. The molecule has 1 aromatic heterocycles. The van der Waals surface area contributed by atoms with Crippen LogP contribution in [-0.4, -0.2) is 49.9 Å². The van der Waals surface area contributed by atoms with Crippen molar-refractivity contribution < 1.29 is 25.5 Å². The topological polar surface area (TPSA) is 106 Å². The number of aliphatic hydroxyl groups is 3. The Hall–Kier alpha value is -1.50. The predicted octanol–water partition coefficient (Wildman–Crippen LogP) is -0.288. The molecule has 104 valence electrons. The van der Waals surface area contributed by atoms with Gasteiger partial charge in [0.25, 0.3) is 0 Å². The summed E-state index contributed by atoms with van der Waals surface area (Å²) >= 11 is 0. The number of hydrogen-bond acceptors (Lipinski definition) is 5. The lowest BCUT2D eigenvalue weighted by Gasteiger charge is -2.31. The zero-order valence-corrected chi connectivity index (χ0v) is 10.3. The highest BCUT2D eigenvalue weighted by atomic mass is 16.3. The van der Waals surface area contributed by atoms with E-state index in [0.29, 0.717) is 11.1 Å². The molecular weight excluding hydrogens is 250 g/mol. The Morgan fingerprint density at radius 2 is 1.37 bits per heavy atom. The molecule has 0 amide bonds. The van der Waals surface area contributed by atoms with E-state index in [1.807, 2.05) is 12.2 Å². The minimum Gasteiger partial charge on any atom is -0.494 e. The van der Waals surface area contributed by atoms with Crippen LogP contribution in [0.3, 0.4) is 0 Å². The van der Waals surface area contributed by atoms with Gasteiger partial charge in [0, 0.05) is 23.0 Å². The molecule has 1 heterocycles. The quantitative estimate of drug-likeness (QED) is 0.482. The highest BCUT2D eigenvalue weighted by molar-refractivity contribution is 5.59. The molecule has 1 aromatic rings. The fourth-order valence-corrected chi connectivity index (χ4v) is 3.25. The molecule has 2 aliphatic carbocycles. The first-order chi connectivity index (χ1) is 9.09. The number of rotatable bonds is 4. The van der Waals surface area contributed by atoms with Crippen LogP contribution < -0.4 is 0 Å². The molecule has 2 bridgehead atoms. The van der Waals surface area contributed by atoms with Crippen LogP contribution >= 0.6 is 0 Å². The maximum atomic E-state index is 10.3. The molecule has 0 saturated carbocycles. The van der Waals surface area contributed by atoms with Gasteiger partial charge in [0.2, 0.25) is 0 Å². The highest BCUT2D eigenvalue weighted by Gasteiger charge is 2.45. The molecule has 0 saturated heterocycles. The molecule has 0 fully saturated rings. The van der Waals surface area contributed by atoms with Crippen molar-refractivity contribution in [1.29, 1.82) is 0 Å². The largest absolute Gasteiger partial charge is 0.494 e. The maximum absolute atomic E-state index is 10.3. The third-order valence-electron chi connectivity index (χ3n) is 4.38. The van der Waals surface area contributed by atoms with Gasteiger partial charge in [-0.3, -0.25) is 4.57 Å². The van der Waals surface area contributed by atoms with Crippen molar-refractivity contribution in [2.24, 2.45) is 0 Å². The molecule has 0 aromatic carbocycles. The summed E-state index contributed by atoms with van der Waals surface area (Å²) in [5.41, 5.74) is -0.216. The highest BCUT2D eigenvalue weighted by Crippen LogP contribution is 2.57. The number of hydrogen-bond donors (Lipinski definition) is 5. The van der Waals surface area contributed by atoms with Gasteiger partial charge >= 0.3 is 0 Å². The van der Waals surface area contributed by atoms with Crippen LogP contribution in [0.25, 0.3) is 0 Å². The third kappa shape index (κ3) is 1.36. The lowest BCUT2D eigenvalue weighted by molar-refractivity contribution is 0.00609. The molecule has 2 atom stereocenters. The molecule has 2 aliphatic rings. The second-order valence-corrected chi connectivity index (χ2v) is 5.34. The summed E-state index contributed by atoms with van der Waals surface area (Å²) in [7, 11) is 0. The molecule has 6 heteroatoms. The number of nitrogens with zero attached hydrogens (tertiary/aromatic N) is 1. The average molecular weight is 267 g/mol. The Labute approximate surface area is 109 Å². The summed E-state index contributed by atoms with van der Waals surface area (Å²) in [4.78, 5) is 0. The van der Waals surface area contributed by atoms with Gasteiger partial charge in [0.05, 0.1) is 19.8 Å². The van der Waals surface area contributed by atoms with Crippen LogP contribution in [0.2, 0.25) is 0 Å². The second kappa shape index (κ2) is 4.00. The molecule has 19 heavy (non-hydrogen) atoms. The Morgan fingerprint density at radius 3 is 1.74 bits per heavy atom. The first kappa shape index (κ1) is 12.5. The lowest BCUT2D eigenvalue weighted by Crippen LogP contribution is -2.44.